The maximum Gasteiger partial charge on any atom is 0.184 e. The van der Waals surface area contributed by atoms with Crippen LogP contribution in [0.25, 0.3) is 0 Å². The number of aromatic nitrogens is 1. The SMILES string of the molecule is CC1CCCCC1Nc1ncc(N)s1. The van der Waals surface area contributed by atoms with E-state index < -0.39 is 0 Å². The van der Waals surface area contributed by atoms with E-state index in [2.05, 4.69) is 17.2 Å². The third-order valence-corrected chi connectivity index (χ3v) is 3.70. The summed E-state index contributed by atoms with van der Waals surface area (Å²) in [7, 11) is 0. The van der Waals surface area contributed by atoms with Crippen molar-refractivity contribution in [2.75, 3.05) is 11.1 Å². The molecule has 0 amide bonds. The van der Waals surface area contributed by atoms with Crippen LogP contribution < -0.4 is 11.1 Å². The van der Waals surface area contributed by atoms with Gasteiger partial charge in [0.2, 0.25) is 0 Å². The van der Waals surface area contributed by atoms with Crippen molar-refractivity contribution in [1.29, 1.82) is 0 Å². The summed E-state index contributed by atoms with van der Waals surface area (Å²) in [6.45, 7) is 2.31. The lowest BCUT2D eigenvalue weighted by molar-refractivity contribution is 0.349. The molecule has 1 aliphatic rings. The van der Waals surface area contributed by atoms with E-state index in [1.165, 1.54) is 37.0 Å². The average Bonchev–Trinajstić information content (AvgIpc) is 2.56. The van der Waals surface area contributed by atoms with Gasteiger partial charge in [0.15, 0.2) is 5.13 Å². The number of rotatable bonds is 2. The Morgan fingerprint density at radius 3 is 2.93 bits per heavy atom. The predicted molar refractivity (Wildman–Crippen MR) is 61.6 cm³/mol. The Morgan fingerprint density at radius 2 is 2.29 bits per heavy atom. The number of nitrogens with two attached hydrogens (primary N) is 1. The first kappa shape index (κ1) is 9.77. The second kappa shape index (κ2) is 4.17. The molecular weight excluding hydrogens is 194 g/mol. The molecule has 4 heteroatoms. The van der Waals surface area contributed by atoms with Gasteiger partial charge in [-0.2, -0.15) is 0 Å². The minimum absolute atomic E-state index is 0.592. The smallest absolute Gasteiger partial charge is 0.184 e. The van der Waals surface area contributed by atoms with Crippen molar-refractivity contribution in [3.63, 3.8) is 0 Å². The molecule has 0 radical (unpaired) electrons. The Labute approximate surface area is 88.7 Å². The van der Waals surface area contributed by atoms with Crippen LogP contribution in [0.5, 0.6) is 0 Å². The maximum atomic E-state index is 5.63. The zero-order valence-electron chi connectivity index (χ0n) is 8.49. The standard InChI is InChI=1S/C10H17N3S/c1-7-4-2-3-5-8(7)13-10-12-6-9(11)14-10/h6-8H,2-5,11H2,1H3,(H,12,13). The van der Waals surface area contributed by atoms with Gasteiger partial charge in [0, 0.05) is 6.04 Å². The molecule has 0 spiro atoms. The highest BCUT2D eigenvalue weighted by atomic mass is 32.1. The maximum absolute atomic E-state index is 5.63. The van der Waals surface area contributed by atoms with Crippen molar-refractivity contribution in [3.05, 3.63) is 6.20 Å². The highest BCUT2D eigenvalue weighted by molar-refractivity contribution is 7.19. The molecule has 3 nitrogen and oxygen atoms in total. The minimum atomic E-state index is 0.592. The first-order valence-electron chi connectivity index (χ1n) is 5.23. The van der Waals surface area contributed by atoms with E-state index in [1.54, 1.807) is 6.20 Å². The Balaban J connectivity index is 1.95. The molecule has 2 atom stereocenters. The molecule has 1 aliphatic carbocycles. The minimum Gasteiger partial charge on any atom is -0.389 e. The molecule has 1 aromatic heterocycles. The van der Waals surface area contributed by atoms with E-state index in [1.807, 2.05) is 0 Å². The van der Waals surface area contributed by atoms with Crippen LogP contribution in [0.1, 0.15) is 32.6 Å². The van der Waals surface area contributed by atoms with Gasteiger partial charge >= 0.3 is 0 Å². The first-order valence-corrected chi connectivity index (χ1v) is 6.05. The van der Waals surface area contributed by atoms with Crippen LogP contribution in [0.4, 0.5) is 10.1 Å². The fourth-order valence-electron chi connectivity index (χ4n) is 2.04. The first-order chi connectivity index (χ1) is 6.75. The normalized spacial score (nSPS) is 27.5. The van der Waals surface area contributed by atoms with Gasteiger partial charge < -0.3 is 11.1 Å². The molecule has 0 aliphatic heterocycles. The molecule has 0 aromatic carbocycles. The van der Waals surface area contributed by atoms with E-state index >= 15 is 0 Å². The highest BCUT2D eigenvalue weighted by Gasteiger charge is 2.21. The van der Waals surface area contributed by atoms with E-state index in [-0.39, 0.29) is 0 Å². The van der Waals surface area contributed by atoms with E-state index in [4.69, 9.17) is 5.73 Å². The quantitative estimate of drug-likeness (QED) is 0.790. The van der Waals surface area contributed by atoms with Crippen LogP contribution in [-0.2, 0) is 0 Å². The summed E-state index contributed by atoms with van der Waals surface area (Å²) in [6, 6.07) is 0.592. The highest BCUT2D eigenvalue weighted by Crippen LogP contribution is 2.28. The van der Waals surface area contributed by atoms with Crippen molar-refractivity contribution in [1.82, 2.24) is 4.98 Å². The van der Waals surface area contributed by atoms with Crippen molar-refractivity contribution in [2.45, 2.75) is 38.6 Å². The summed E-state index contributed by atoms with van der Waals surface area (Å²) >= 11 is 1.54. The van der Waals surface area contributed by atoms with Gasteiger partial charge in [0.05, 0.1) is 6.20 Å². The second-order valence-electron chi connectivity index (χ2n) is 4.08. The van der Waals surface area contributed by atoms with E-state index in [9.17, 15) is 0 Å². The Kier molecular flexibility index (Phi) is 2.91. The Bertz CT molecular complexity index is 297. The molecule has 1 fully saturated rings. The molecule has 0 bridgehead atoms. The molecule has 0 saturated heterocycles. The fraction of sp³-hybridized carbons (Fsp3) is 0.700. The summed E-state index contributed by atoms with van der Waals surface area (Å²) in [4.78, 5) is 4.23. The third-order valence-electron chi connectivity index (χ3n) is 2.94. The largest absolute Gasteiger partial charge is 0.389 e. The van der Waals surface area contributed by atoms with Gasteiger partial charge in [-0.05, 0) is 18.8 Å². The number of hydrogen-bond donors (Lipinski definition) is 2. The fourth-order valence-corrected chi connectivity index (χ4v) is 2.69. The van der Waals surface area contributed by atoms with Crippen LogP contribution in [0.3, 0.4) is 0 Å². The summed E-state index contributed by atoms with van der Waals surface area (Å²) in [6.07, 6.45) is 7.03. The van der Waals surface area contributed by atoms with Crippen molar-refractivity contribution in [2.24, 2.45) is 5.92 Å². The number of thiazole rings is 1. The van der Waals surface area contributed by atoms with Crippen molar-refractivity contribution in [3.8, 4) is 0 Å². The lowest BCUT2D eigenvalue weighted by Gasteiger charge is -2.29. The van der Waals surface area contributed by atoms with E-state index in [0.717, 1.165) is 16.1 Å². The Morgan fingerprint density at radius 1 is 1.50 bits per heavy atom. The zero-order valence-corrected chi connectivity index (χ0v) is 9.31. The molecule has 2 rings (SSSR count). The molecule has 1 aromatic rings. The summed E-state index contributed by atoms with van der Waals surface area (Å²) in [5.41, 5.74) is 5.63. The second-order valence-corrected chi connectivity index (χ2v) is 5.14. The monoisotopic (exact) mass is 211 g/mol. The molecule has 1 saturated carbocycles. The number of anilines is 2. The van der Waals surface area contributed by atoms with Crippen LogP contribution in [0.2, 0.25) is 0 Å². The van der Waals surface area contributed by atoms with Gasteiger partial charge in [-0.25, -0.2) is 4.98 Å². The van der Waals surface area contributed by atoms with Crippen LogP contribution in [-0.4, -0.2) is 11.0 Å². The molecule has 3 N–H and O–H groups in total. The number of nitrogens with one attached hydrogen (secondary N) is 1. The van der Waals surface area contributed by atoms with Gasteiger partial charge in [-0.1, -0.05) is 31.1 Å². The number of hydrogen-bond acceptors (Lipinski definition) is 4. The van der Waals surface area contributed by atoms with Gasteiger partial charge in [-0.3, -0.25) is 0 Å². The molecule has 78 valence electrons. The Hall–Kier alpha value is -0.770. The van der Waals surface area contributed by atoms with E-state index in [0.29, 0.717) is 6.04 Å². The molecule has 2 unspecified atom stereocenters. The summed E-state index contributed by atoms with van der Waals surface area (Å²) < 4.78 is 0. The van der Waals surface area contributed by atoms with Gasteiger partial charge in [-0.15, -0.1) is 0 Å². The van der Waals surface area contributed by atoms with Crippen LogP contribution in [0.15, 0.2) is 6.20 Å². The number of nitrogens with zero attached hydrogens (tertiary/aromatic N) is 1. The lowest BCUT2D eigenvalue weighted by Crippen LogP contribution is -2.30. The predicted octanol–water partition coefficient (Wildman–Crippen LogP) is 2.72. The molecule has 1 heterocycles. The van der Waals surface area contributed by atoms with Crippen molar-refractivity contribution < 1.29 is 0 Å². The van der Waals surface area contributed by atoms with Crippen LogP contribution >= 0.6 is 11.3 Å². The summed E-state index contributed by atoms with van der Waals surface area (Å²) in [5, 5.41) is 5.24. The molecule has 14 heavy (non-hydrogen) atoms. The van der Waals surface area contributed by atoms with Crippen LogP contribution in [0, 0.1) is 5.92 Å². The third kappa shape index (κ3) is 2.18. The lowest BCUT2D eigenvalue weighted by atomic mass is 9.86. The molecular formula is C10H17N3S. The topological polar surface area (TPSA) is 50.9 Å². The van der Waals surface area contributed by atoms with Gasteiger partial charge in [0.1, 0.15) is 5.00 Å². The summed E-state index contributed by atoms with van der Waals surface area (Å²) in [5.74, 6) is 0.758. The van der Waals surface area contributed by atoms with Gasteiger partial charge in [0.25, 0.3) is 0 Å². The average molecular weight is 211 g/mol. The number of nitrogen functional groups attached to an aromatic ring is 1. The zero-order chi connectivity index (χ0) is 9.97. The van der Waals surface area contributed by atoms with Crippen molar-refractivity contribution >= 4 is 21.5 Å².